The number of rotatable bonds is 9. The molecule has 230 valence electrons. The van der Waals surface area contributed by atoms with Crippen molar-refractivity contribution in [3.05, 3.63) is 39.7 Å². The number of ether oxygens (including phenoxy) is 1. The standard InChI is InChI=1S/C31H44ClN5O5/c1-18-14-26(38)36(15-18)16-24-27-20(11-13-37(24)29(39)21-6-4-5-12-31(21,2)30(40)41)22(32)9-10-25(27)42-17-23(33)28(35(3)34)19-7-8-19/h9-10,18-19,21,24H,4-8,11-17,33-34H2,1-3H3,(H,40,41)/b28-23-/t18-,21+,24-,31+/m1/s1. The minimum atomic E-state index is -1.14. The third-order valence-electron chi connectivity index (χ3n) is 9.71. The first-order valence-electron chi connectivity index (χ1n) is 15.1. The van der Waals surface area contributed by atoms with Crippen LogP contribution in [0.25, 0.3) is 0 Å². The first-order chi connectivity index (χ1) is 19.9. The Hall–Kier alpha value is -2.98. The number of benzene rings is 1. The summed E-state index contributed by atoms with van der Waals surface area (Å²) in [5, 5.41) is 12.3. The number of carboxylic acids is 1. The average Bonchev–Trinajstić information content (AvgIpc) is 3.71. The van der Waals surface area contributed by atoms with Gasteiger partial charge in [-0.25, -0.2) is 5.84 Å². The predicted molar refractivity (Wildman–Crippen MR) is 159 cm³/mol. The van der Waals surface area contributed by atoms with Gasteiger partial charge in [0, 0.05) is 49.6 Å². The van der Waals surface area contributed by atoms with Crippen LogP contribution in [-0.2, 0) is 20.8 Å². The fraction of sp³-hybridized carbons (Fsp3) is 0.645. The number of hydrogen-bond donors (Lipinski definition) is 3. The van der Waals surface area contributed by atoms with Crippen LogP contribution in [0.1, 0.15) is 76.0 Å². The van der Waals surface area contributed by atoms with Crippen LogP contribution in [0.2, 0.25) is 5.02 Å². The van der Waals surface area contributed by atoms with Crippen LogP contribution in [-0.4, -0.2) is 71.0 Å². The number of amides is 2. The normalized spacial score (nSPS) is 28.3. The zero-order valence-corrected chi connectivity index (χ0v) is 25.7. The molecule has 11 heteroatoms. The van der Waals surface area contributed by atoms with Crippen LogP contribution in [0.15, 0.2) is 23.5 Å². The molecule has 2 heterocycles. The monoisotopic (exact) mass is 601 g/mol. The van der Waals surface area contributed by atoms with Gasteiger partial charge in [-0.2, -0.15) is 0 Å². The van der Waals surface area contributed by atoms with Gasteiger partial charge in [-0.3, -0.25) is 14.4 Å². The molecule has 5 rings (SSSR count). The summed E-state index contributed by atoms with van der Waals surface area (Å²) in [7, 11) is 1.77. The molecule has 0 unspecified atom stereocenters. The van der Waals surface area contributed by atoms with E-state index in [0.29, 0.717) is 67.7 Å². The van der Waals surface area contributed by atoms with Crippen molar-refractivity contribution in [1.82, 2.24) is 14.8 Å². The lowest BCUT2D eigenvalue weighted by atomic mass is 9.66. The number of carbonyl (C=O) groups excluding carboxylic acids is 2. The van der Waals surface area contributed by atoms with Gasteiger partial charge in [0.2, 0.25) is 11.8 Å². The number of likely N-dealkylation sites (tertiary alicyclic amines) is 1. The molecule has 1 saturated heterocycles. The van der Waals surface area contributed by atoms with E-state index in [-0.39, 0.29) is 24.3 Å². The molecule has 1 aromatic rings. The van der Waals surface area contributed by atoms with E-state index >= 15 is 0 Å². The van der Waals surface area contributed by atoms with Crippen molar-refractivity contribution in [2.24, 2.45) is 34.7 Å². The second-order valence-corrected chi connectivity index (χ2v) is 13.4. The fourth-order valence-corrected chi connectivity index (χ4v) is 7.52. The summed E-state index contributed by atoms with van der Waals surface area (Å²) in [5.74, 6) is 5.45. The summed E-state index contributed by atoms with van der Waals surface area (Å²) in [4.78, 5) is 43.4. The maximum Gasteiger partial charge on any atom is 0.310 e. The van der Waals surface area contributed by atoms with E-state index in [4.69, 9.17) is 27.9 Å². The van der Waals surface area contributed by atoms with Crippen molar-refractivity contribution in [3.8, 4) is 5.75 Å². The van der Waals surface area contributed by atoms with E-state index in [2.05, 4.69) is 0 Å². The van der Waals surface area contributed by atoms with Crippen molar-refractivity contribution in [2.45, 2.75) is 71.3 Å². The van der Waals surface area contributed by atoms with Gasteiger partial charge in [-0.15, -0.1) is 0 Å². The van der Waals surface area contributed by atoms with Crippen molar-refractivity contribution in [1.29, 1.82) is 0 Å². The molecule has 2 aliphatic heterocycles. The number of carboxylic acid groups (broad SMARTS) is 1. The molecule has 1 aromatic carbocycles. The molecule has 42 heavy (non-hydrogen) atoms. The second-order valence-electron chi connectivity index (χ2n) is 12.9. The highest BCUT2D eigenvalue weighted by atomic mass is 35.5. The molecule has 2 amide bonds. The number of fused-ring (bicyclic) bond motifs is 1. The summed E-state index contributed by atoms with van der Waals surface area (Å²) in [6, 6.07) is 3.07. The van der Waals surface area contributed by atoms with Gasteiger partial charge in [0.25, 0.3) is 0 Å². The minimum Gasteiger partial charge on any atom is -0.487 e. The summed E-state index contributed by atoms with van der Waals surface area (Å²) in [5.41, 5.74) is 8.41. The van der Waals surface area contributed by atoms with E-state index in [1.807, 2.05) is 11.8 Å². The van der Waals surface area contributed by atoms with Gasteiger partial charge in [0.15, 0.2) is 0 Å². The third kappa shape index (κ3) is 5.80. The van der Waals surface area contributed by atoms with Gasteiger partial charge in [0.05, 0.1) is 28.8 Å². The lowest BCUT2D eigenvalue weighted by molar-refractivity contribution is -0.162. The number of carbonyl (C=O) groups is 3. The smallest absolute Gasteiger partial charge is 0.310 e. The molecule has 10 nitrogen and oxygen atoms in total. The Labute approximate surface area is 252 Å². The topological polar surface area (TPSA) is 142 Å². The van der Waals surface area contributed by atoms with Crippen molar-refractivity contribution >= 4 is 29.4 Å². The molecule has 0 radical (unpaired) electrons. The Kier molecular flexibility index (Phi) is 8.67. The lowest BCUT2D eigenvalue weighted by Gasteiger charge is -2.45. The van der Waals surface area contributed by atoms with E-state index in [0.717, 1.165) is 42.5 Å². The van der Waals surface area contributed by atoms with E-state index in [1.54, 1.807) is 36.0 Å². The van der Waals surface area contributed by atoms with Crippen LogP contribution in [0.3, 0.4) is 0 Å². The third-order valence-corrected chi connectivity index (χ3v) is 10.1. The summed E-state index contributed by atoms with van der Waals surface area (Å²) < 4.78 is 6.37. The summed E-state index contributed by atoms with van der Waals surface area (Å²) in [6.45, 7) is 5.13. The minimum absolute atomic E-state index is 0.0480. The van der Waals surface area contributed by atoms with Crippen LogP contribution in [0.5, 0.6) is 5.75 Å². The Morgan fingerprint density at radius 3 is 2.60 bits per heavy atom. The summed E-state index contributed by atoms with van der Waals surface area (Å²) in [6.07, 6.45) is 5.60. The SMILES string of the molecule is C[C@@H]1CC(=O)N(C[C@@H]2c3c(OC/C(N)=C(\C4CC4)N(C)N)ccc(Cl)c3CCN2C(=O)[C@@H]2CCCC[C@]2(C)C(=O)O)C1. The highest BCUT2D eigenvalue weighted by molar-refractivity contribution is 6.31. The van der Waals surface area contributed by atoms with Gasteiger partial charge in [0.1, 0.15) is 12.4 Å². The molecular weight excluding hydrogens is 558 g/mol. The molecule has 4 aliphatic rings. The highest BCUT2D eigenvalue weighted by Crippen LogP contribution is 2.47. The number of aliphatic carboxylic acids is 1. The fourth-order valence-electron chi connectivity index (χ4n) is 7.26. The zero-order valence-electron chi connectivity index (χ0n) is 24.9. The Bertz CT molecular complexity index is 1280. The average molecular weight is 602 g/mol. The molecule has 2 saturated carbocycles. The van der Waals surface area contributed by atoms with Crippen molar-refractivity contribution in [3.63, 3.8) is 0 Å². The molecular formula is C31H44ClN5O5. The number of hydrazine groups is 1. The molecule has 2 aliphatic carbocycles. The summed E-state index contributed by atoms with van der Waals surface area (Å²) >= 11 is 6.74. The lowest BCUT2D eigenvalue weighted by Crippen LogP contribution is -2.52. The Morgan fingerprint density at radius 2 is 1.98 bits per heavy atom. The van der Waals surface area contributed by atoms with Crippen LogP contribution in [0, 0.1) is 23.2 Å². The van der Waals surface area contributed by atoms with Gasteiger partial charge in [-0.05, 0) is 62.6 Å². The van der Waals surface area contributed by atoms with E-state index in [9.17, 15) is 19.5 Å². The second kappa shape index (κ2) is 12.0. The van der Waals surface area contributed by atoms with Gasteiger partial charge < -0.3 is 30.4 Å². The zero-order chi connectivity index (χ0) is 30.3. The molecule has 3 fully saturated rings. The van der Waals surface area contributed by atoms with Crippen molar-refractivity contribution < 1.29 is 24.2 Å². The predicted octanol–water partition coefficient (Wildman–Crippen LogP) is 3.68. The first kappa shape index (κ1) is 30.5. The van der Waals surface area contributed by atoms with E-state index < -0.39 is 23.3 Å². The maximum atomic E-state index is 14.4. The molecule has 5 N–H and O–H groups in total. The van der Waals surface area contributed by atoms with Gasteiger partial charge in [-0.1, -0.05) is 31.4 Å². The number of nitrogens with zero attached hydrogens (tertiary/aromatic N) is 3. The largest absolute Gasteiger partial charge is 0.487 e. The number of nitrogens with two attached hydrogens (primary N) is 2. The number of halogens is 1. The quantitative estimate of drug-likeness (QED) is 0.287. The Balaban J connectivity index is 1.53. The van der Waals surface area contributed by atoms with Crippen LogP contribution in [0.4, 0.5) is 0 Å². The molecule has 0 spiro atoms. The van der Waals surface area contributed by atoms with Crippen molar-refractivity contribution in [2.75, 3.05) is 33.3 Å². The first-order valence-corrected chi connectivity index (χ1v) is 15.5. The highest BCUT2D eigenvalue weighted by Gasteiger charge is 2.50. The Morgan fingerprint density at radius 1 is 1.24 bits per heavy atom. The van der Waals surface area contributed by atoms with Gasteiger partial charge >= 0.3 is 5.97 Å². The molecule has 0 aromatic heterocycles. The van der Waals surface area contributed by atoms with Crippen LogP contribution < -0.4 is 16.3 Å². The molecule has 4 atom stereocenters. The number of hydrogen-bond acceptors (Lipinski definition) is 7. The maximum absolute atomic E-state index is 14.4. The van der Waals surface area contributed by atoms with Crippen LogP contribution >= 0.6 is 11.6 Å². The van der Waals surface area contributed by atoms with E-state index in [1.165, 1.54) is 0 Å². The number of allylic oxidation sites excluding steroid dienone is 1. The molecule has 0 bridgehead atoms.